The molecule has 1 amide bonds. The van der Waals surface area contributed by atoms with Gasteiger partial charge in [-0.25, -0.2) is 4.98 Å². The van der Waals surface area contributed by atoms with E-state index in [2.05, 4.69) is 15.6 Å². The molecule has 0 aliphatic rings. The molecule has 4 nitrogen and oxygen atoms in total. The van der Waals surface area contributed by atoms with Crippen molar-refractivity contribution in [3.8, 4) is 0 Å². The number of carbonyl (C=O) groups excluding carboxylic acids is 1. The van der Waals surface area contributed by atoms with Crippen LogP contribution in [0.15, 0.2) is 6.20 Å². The molecular formula is C11H19N3OS. The molecule has 0 unspecified atom stereocenters. The number of aryl methyl sites for hydroxylation is 1. The van der Waals surface area contributed by atoms with Crippen LogP contribution in [0.4, 0.5) is 0 Å². The quantitative estimate of drug-likeness (QED) is 0.817. The van der Waals surface area contributed by atoms with Crippen LogP contribution >= 0.6 is 11.3 Å². The molecule has 0 atom stereocenters. The molecule has 0 aromatic carbocycles. The highest BCUT2D eigenvalue weighted by Gasteiger charge is 2.25. The van der Waals surface area contributed by atoms with Crippen molar-refractivity contribution in [2.75, 3.05) is 13.6 Å². The van der Waals surface area contributed by atoms with Crippen LogP contribution < -0.4 is 10.6 Å². The SMILES string of the molecule is CNC(=O)C(C)(C)CNCc1cnc(C)s1. The summed E-state index contributed by atoms with van der Waals surface area (Å²) in [7, 11) is 1.66. The summed E-state index contributed by atoms with van der Waals surface area (Å²) in [6.45, 7) is 7.27. The van der Waals surface area contributed by atoms with Crippen molar-refractivity contribution in [3.05, 3.63) is 16.1 Å². The number of nitrogens with zero attached hydrogens (tertiary/aromatic N) is 1. The van der Waals surface area contributed by atoms with Gasteiger partial charge in [-0.15, -0.1) is 11.3 Å². The second kappa shape index (κ2) is 5.41. The molecule has 1 aromatic rings. The van der Waals surface area contributed by atoms with Crippen LogP contribution in [0.2, 0.25) is 0 Å². The molecule has 0 aliphatic heterocycles. The van der Waals surface area contributed by atoms with Gasteiger partial charge >= 0.3 is 0 Å². The molecule has 1 heterocycles. The van der Waals surface area contributed by atoms with E-state index < -0.39 is 0 Å². The van der Waals surface area contributed by atoms with E-state index in [1.165, 1.54) is 4.88 Å². The van der Waals surface area contributed by atoms with Crippen molar-refractivity contribution < 1.29 is 4.79 Å². The first-order valence-electron chi connectivity index (χ1n) is 5.30. The lowest BCUT2D eigenvalue weighted by Gasteiger charge is -2.22. The predicted octanol–water partition coefficient (Wildman–Crippen LogP) is 1.31. The van der Waals surface area contributed by atoms with Gasteiger partial charge in [0.1, 0.15) is 0 Å². The van der Waals surface area contributed by atoms with Gasteiger partial charge in [0.2, 0.25) is 5.91 Å². The van der Waals surface area contributed by atoms with Crippen molar-refractivity contribution in [2.45, 2.75) is 27.3 Å². The minimum Gasteiger partial charge on any atom is -0.359 e. The zero-order chi connectivity index (χ0) is 12.2. The van der Waals surface area contributed by atoms with Gasteiger partial charge < -0.3 is 10.6 Å². The molecule has 0 saturated carbocycles. The molecular weight excluding hydrogens is 222 g/mol. The zero-order valence-electron chi connectivity index (χ0n) is 10.3. The molecule has 0 bridgehead atoms. The third kappa shape index (κ3) is 3.57. The fourth-order valence-corrected chi connectivity index (χ4v) is 2.17. The van der Waals surface area contributed by atoms with Gasteiger partial charge in [-0.1, -0.05) is 0 Å². The molecule has 5 heteroatoms. The lowest BCUT2D eigenvalue weighted by atomic mass is 9.92. The summed E-state index contributed by atoms with van der Waals surface area (Å²) >= 11 is 1.68. The maximum atomic E-state index is 11.5. The minimum absolute atomic E-state index is 0.0560. The maximum absolute atomic E-state index is 11.5. The van der Waals surface area contributed by atoms with Crippen molar-refractivity contribution >= 4 is 17.2 Å². The van der Waals surface area contributed by atoms with E-state index in [4.69, 9.17) is 0 Å². The Kier molecular flexibility index (Phi) is 4.44. The third-order valence-corrected chi connectivity index (χ3v) is 3.29. The average molecular weight is 241 g/mol. The van der Waals surface area contributed by atoms with Crippen molar-refractivity contribution in [1.82, 2.24) is 15.6 Å². The lowest BCUT2D eigenvalue weighted by Crippen LogP contribution is -2.41. The third-order valence-electron chi connectivity index (χ3n) is 2.38. The first-order chi connectivity index (χ1) is 7.45. The number of hydrogen-bond donors (Lipinski definition) is 2. The van der Waals surface area contributed by atoms with E-state index in [-0.39, 0.29) is 11.3 Å². The monoisotopic (exact) mass is 241 g/mol. The summed E-state index contributed by atoms with van der Waals surface area (Å²) in [6.07, 6.45) is 1.87. The van der Waals surface area contributed by atoms with E-state index in [1.54, 1.807) is 18.4 Å². The normalized spacial score (nSPS) is 11.5. The van der Waals surface area contributed by atoms with Gasteiger partial charge in [-0.3, -0.25) is 4.79 Å². The Balaban J connectivity index is 2.38. The van der Waals surface area contributed by atoms with Crippen LogP contribution in [0.25, 0.3) is 0 Å². The van der Waals surface area contributed by atoms with Crippen molar-refractivity contribution in [2.24, 2.45) is 5.41 Å². The van der Waals surface area contributed by atoms with Crippen LogP contribution in [0.1, 0.15) is 23.7 Å². The lowest BCUT2D eigenvalue weighted by molar-refractivity contribution is -0.128. The second-order valence-corrected chi connectivity index (χ2v) is 5.73. The Morgan fingerprint density at radius 2 is 2.25 bits per heavy atom. The number of nitrogens with one attached hydrogen (secondary N) is 2. The van der Waals surface area contributed by atoms with E-state index in [0.29, 0.717) is 6.54 Å². The van der Waals surface area contributed by atoms with Crippen LogP contribution in [0.5, 0.6) is 0 Å². The Morgan fingerprint density at radius 1 is 1.56 bits per heavy atom. The molecule has 90 valence electrons. The number of amides is 1. The zero-order valence-corrected chi connectivity index (χ0v) is 11.1. The summed E-state index contributed by atoms with van der Waals surface area (Å²) in [5, 5.41) is 7.02. The van der Waals surface area contributed by atoms with Gasteiger partial charge in [0, 0.05) is 31.2 Å². The highest BCUT2D eigenvalue weighted by atomic mass is 32.1. The topological polar surface area (TPSA) is 54.0 Å². The Hall–Kier alpha value is -0.940. The number of rotatable bonds is 5. The first-order valence-corrected chi connectivity index (χ1v) is 6.11. The number of carbonyl (C=O) groups is 1. The van der Waals surface area contributed by atoms with Crippen LogP contribution in [0, 0.1) is 12.3 Å². The van der Waals surface area contributed by atoms with Crippen LogP contribution in [0.3, 0.4) is 0 Å². The van der Waals surface area contributed by atoms with E-state index in [9.17, 15) is 4.79 Å². The van der Waals surface area contributed by atoms with Crippen LogP contribution in [-0.4, -0.2) is 24.5 Å². The highest BCUT2D eigenvalue weighted by molar-refractivity contribution is 7.11. The number of aromatic nitrogens is 1. The molecule has 2 N–H and O–H groups in total. The van der Waals surface area contributed by atoms with Crippen LogP contribution in [-0.2, 0) is 11.3 Å². The Morgan fingerprint density at radius 3 is 2.75 bits per heavy atom. The molecule has 16 heavy (non-hydrogen) atoms. The highest BCUT2D eigenvalue weighted by Crippen LogP contribution is 2.15. The van der Waals surface area contributed by atoms with Gasteiger partial charge in [0.05, 0.1) is 10.4 Å². The van der Waals surface area contributed by atoms with E-state index >= 15 is 0 Å². The summed E-state index contributed by atoms with van der Waals surface area (Å²) in [6, 6.07) is 0. The van der Waals surface area contributed by atoms with Crippen molar-refractivity contribution in [3.63, 3.8) is 0 Å². The van der Waals surface area contributed by atoms with Gasteiger partial charge in [0.25, 0.3) is 0 Å². The summed E-state index contributed by atoms with van der Waals surface area (Å²) in [5.41, 5.74) is -0.380. The van der Waals surface area contributed by atoms with E-state index in [0.717, 1.165) is 11.6 Å². The molecule has 0 saturated heterocycles. The smallest absolute Gasteiger partial charge is 0.226 e. The van der Waals surface area contributed by atoms with E-state index in [1.807, 2.05) is 27.0 Å². The average Bonchev–Trinajstić information content (AvgIpc) is 2.62. The molecule has 1 rings (SSSR count). The standard InChI is InChI=1S/C11H19N3OS/c1-8-14-6-9(16-8)5-13-7-11(2,3)10(15)12-4/h6,13H,5,7H2,1-4H3,(H,12,15). The summed E-state index contributed by atoms with van der Waals surface area (Å²) in [5.74, 6) is 0.0560. The summed E-state index contributed by atoms with van der Waals surface area (Å²) in [4.78, 5) is 16.9. The second-order valence-electron chi connectivity index (χ2n) is 4.41. The molecule has 1 aromatic heterocycles. The first kappa shape index (κ1) is 13.1. The predicted molar refractivity (Wildman–Crippen MR) is 66.4 cm³/mol. The maximum Gasteiger partial charge on any atom is 0.226 e. The molecule has 0 fully saturated rings. The van der Waals surface area contributed by atoms with Gasteiger partial charge in [-0.2, -0.15) is 0 Å². The fourth-order valence-electron chi connectivity index (χ4n) is 1.40. The summed E-state index contributed by atoms with van der Waals surface area (Å²) < 4.78 is 0. The fraction of sp³-hybridized carbons (Fsp3) is 0.636. The number of hydrogen-bond acceptors (Lipinski definition) is 4. The van der Waals surface area contributed by atoms with Gasteiger partial charge in [-0.05, 0) is 20.8 Å². The molecule has 0 radical (unpaired) electrons. The Labute approximate surface area is 100 Å². The number of thiazole rings is 1. The van der Waals surface area contributed by atoms with Crippen molar-refractivity contribution in [1.29, 1.82) is 0 Å². The minimum atomic E-state index is -0.380. The molecule has 0 spiro atoms. The van der Waals surface area contributed by atoms with Gasteiger partial charge in [0.15, 0.2) is 0 Å². The molecule has 0 aliphatic carbocycles. The largest absolute Gasteiger partial charge is 0.359 e. The Bertz CT molecular complexity index is 360.